The van der Waals surface area contributed by atoms with Crippen molar-refractivity contribution in [2.75, 3.05) is 11.1 Å². The molecule has 0 aliphatic rings. The Morgan fingerprint density at radius 1 is 1.37 bits per heavy atom. The zero-order valence-electron chi connectivity index (χ0n) is 9.61. The number of anilines is 1. The third-order valence-corrected chi connectivity index (χ3v) is 2.55. The Bertz CT molecular complexity index is 531. The van der Waals surface area contributed by atoms with Crippen LogP contribution >= 0.6 is 11.8 Å². The summed E-state index contributed by atoms with van der Waals surface area (Å²) in [6.07, 6.45) is 0. The molecule has 0 aromatic heterocycles. The third-order valence-electron chi connectivity index (χ3n) is 1.77. The van der Waals surface area contributed by atoms with Crippen molar-refractivity contribution >= 4 is 34.5 Å². The van der Waals surface area contributed by atoms with E-state index in [1.807, 2.05) is 0 Å². The van der Waals surface area contributed by atoms with Crippen LogP contribution in [-0.4, -0.2) is 22.8 Å². The number of hydrogen-bond donors (Lipinski definition) is 4. The molecule has 0 aliphatic carbocycles. The lowest BCUT2D eigenvalue weighted by Crippen LogP contribution is -2.24. The fourth-order valence-corrected chi connectivity index (χ4v) is 1.56. The van der Waals surface area contributed by atoms with E-state index in [2.05, 4.69) is 10.3 Å². The molecule has 19 heavy (non-hydrogen) atoms. The molecule has 1 amide bonds. The van der Waals surface area contributed by atoms with Crippen molar-refractivity contribution in [3.05, 3.63) is 29.8 Å². The highest BCUT2D eigenvalue weighted by Gasteiger charge is 2.07. The number of benzene rings is 1. The van der Waals surface area contributed by atoms with Gasteiger partial charge in [-0.1, -0.05) is 11.8 Å². The van der Waals surface area contributed by atoms with Crippen molar-refractivity contribution in [2.45, 2.75) is 0 Å². The summed E-state index contributed by atoms with van der Waals surface area (Å²) in [5.74, 6) is -2.96. The van der Waals surface area contributed by atoms with Gasteiger partial charge >= 0.3 is 0 Å². The van der Waals surface area contributed by atoms with Gasteiger partial charge in [-0.05, 0) is 12.1 Å². The highest BCUT2D eigenvalue weighted by atomic mass is 32.2. The molecule has 6 nitrogen and oxygen atoms in total. The molecule has 1 aromatic carbocycles. The second kappa shape index (κ2) is 6.69. The van der Waals surface area contributed by atoms with Crippen LogP contribution in [0.2, 0.25) is 0 Å². The summed E-state index contributed by atoms with van der Waals surface area (Å²) in [4.78, 5) is 14.9. The maximum Gasteiger partial charge on any atom is 0.234 e. The van der Waals surface area contributed by atoms with Crippen LogP contribution in [0.25, 0.3) is 0 Å². The lowest BCUT2D eigenvalue weighted by atomic mass is 10.3. The van der Waals surface area contributed by atoms with Crippen LogP contribution in [0.4, 0.5) is 14.5 Å². The van der Waals surface area contributed by atoms with Crippen LogP contribution in [0.15, 0.2) is 23.2 Å². The van der Waals surface area contributed by atoms with E-state index in [-0.39, 0.29) is 22.6 Å². The standard InChI is InChI=1S/C10H11F2N5OS/c11-6-2-1-5(3-7(6)12)16-8(18)4-19-10(15)17-9(13)14/h1-3H,4H2,(H,16,18)(H5,13,14,15,17). The van der Waals surface area contributed by atoms with Crippen molar-refractivity contribution in [2.24, 2.45) is 16.5 Å². The minimum atomic E-state index is -1.06. The molecule has 0 atom stereocenters. The van der Waals surface area contributed by atoms with E-state index in [9.17, 15) is 13.6 Å². The molecule has 0 fully saturated rings. The first kappa shape index (κ1) is 14.9. The Morgan fingerprint density at radius 2 is 2.05 bits per heavy atom. The summed E-state index contributed by atoms with van der Waals surface area (Å²) in [6.45, 7) is 0. The van der Waals surface area contributed by atoms with Crippen molar-refractivity contribution in [3.63, 3.8) is 0 Å². The summed E-state index contributed by atoms with van der Waals surface area (Å²) in [5.41, 5.74) is 10.2. The number of amides is 1. The minimum Gasteiger partial charge on any atom is -0.370 e. The molecule has 0 heterocycles. The van der Waals surface area contributed by atoms with E-state index in [0.29, 0.717) is 0 Å². The second-order valence-corrected chi connectivity index (χ2v) is 4.27. The van der Waals surface area contributed by atoms with E-state index in [1.165, 1.54) is 6.07 Å². The Morgan fingerprint density at radius 3 is 2.63 bits per heavy atom. The third kappa shape index (κ3) is 5.34. The number of carbonyl (C=O) groups is 1. The van der Waals surface area contributed by atoms with Crippen molar-refractivity contribution in [1.82, 2.24) is 0 Å². The Balaban J connectivity index is 2.49. The van der Waals surface area contributed by atoms with Crippen LogP contribution in [0.3, 0.4) is 0 Å². The monoisotopic (exact) mass is 287 g/mol. The van der Waals surface area contributed by atoms with Gasteiger partial charge in [-0.25, -0.2) is 8.78 Å². The van der Waals surface area contributed by atoms with Crippen molar-refractivity contribution < 1.29 is 13.6 Å². The Hall–Kier alpha value is -2.16. The summed E-state index contributed by atoms with van der Waals surface area (Å²) in [7, 11) is 0. The highest BCUT2D eigenvalue weighted by molar-refractivity contribution is 8.14. The first-order valence-electron chi connectivity index (χ1n) is 4.94. The maximum absolute atomic E-state index is 12.9. The van der Waals surface area contributed by atoms with E-state index in [4.69, 9.17) is 16.9 Å². The molecule has 0 saturated heterocycles. The summed E-state index contributed by atoms with van der Waals surface area (Å²) >= 11 is 0.795. The average Bonchev–Trinajstić information content (AvgIpc) is 2.30. The topological polar surface area (TPSA) is 117 Å². The normalized spacial score (nSPS) is 9.79. The minimum absolute atomic E-state index is 0.123. The summed E-state index contributed by atoms with van der Waals surface area (Å²) < 4.78 is 25.5. The second-order valence-electron chi connectivity index (χ2n) is 3.31. The Labute approximate surface area is 111 Å². The van der Waals surface area contributed by atoms with Crippen LogP contribution < -0.4 is 16.8 Å². The molecule has 6 N–H and O–H groups in total. The number of aliphatic imine (C=N–C) groups is 1. The number of thioether (sulfide) groups is 1. The van der Waals surface area contributed by atoms with E-state index in [0.717, 1.165) is 23.9 Å². The van der Waals surface area contributed by atoms with Gasteiger partial charge in [0.05, 0.1) is 5.75 Å². The van der Waals surface area contributed by atoms with Crippen molar-refractivity contribution in [3.8, 4) is 0 Å². The number of halogens is 2. The fourth-order valence-electron chi connectivity index (χ4n) is 1.05. The molecular weight excluding hydrogens is 276 g/mol. The SMILES string of the molecule is N=C(N=C(N)N)SCC(=O)Nc1ccc(F)c(F)c1. The molecule has 1 rings (SSSR count). The fraction of sp³-hybridized carbons (Fsp3) is 0.100. The van der Waals surface area contributed by atoms with Gasteiger partial charge in [-0.3, -0.25) is 10.2 Å². The van der Waals surface area contributed by atoms with Crippen LogP contribution in [0, 0.1) is 17.0 Å². The highest BCUT2D eigenvalue weighted by Crippen LogP contribution is 2.13. The molecule has 0 spiro atoms. The van der Waals surface area contributed by atoms with Gasteiger partial charge in [0.15, 0.2) is 22.8 Å². The Kier molecular flexibility index (Phi) is 5.24. The number of rotatable bonds is 3. The number of nitrogens with two attached hydrogens (primary N) is 2. The number of carbonyl (C=O) groups excluding carboxylic acids is 1. The number of hydrogen-bond acceptors (Lipinski definition) is 3. The number of nitrogens with one attached hydrogen (secondary N) is 2. The molecule has 0 bridgehead atoms. The molecular formula is C10H11F2N5OS. The van der Waals surface area contributed by atoms with Crippen LogP contribution in [-0.2, 0) is 4.79 Å². The predicted molar refractivity (Wildman–Crippen MR) is 71.0 cm³/mol. The van der Waals surface area contributed by atoms with Crippen LogP contribution in [0.5, 0.6) is 0 Å². The zero-order chi connectivity index (χ0) is 14.4. The lowest BCUT2D eigenvalue weighted by molar-refractivity contribution is -0.113. The van der Waals surface area contributed by atoms with Crippen LogP contribution in [0.1, 0.15) is 0 Å². The smallest absolute Gasteiger partial charge is 0.234 e. The van der Waals surface area contributed by atoms with Gasteiger partial charge in [-0.15, -0.1) is 0 Å². The zero-order valence-corrected chi connectivity index (χ0v) is 10.4. The van der Waals surface area contributed by atoms with E-state index < -0.39 is 17.5 Å². The van der Waals surface area contributed by atoms with Gasteiger partial charge in [0.2, 0.25) is 5.91 Å². The first-order chi connectivity index (χ1) is 8.88. The van der Waals surface area contributed by atoms with Gasteiger partial charge in [0.25, 0.3) is 0 Å². The average molecular weight is 287 g/mol. The van der Waals surface area contributed by atoms with E-state index in [1.54, 1.807) is 0 Å². The largest absolute Gasteiger partial charge is 0.370 e. The molecule has 9 heteroatoms. The maximum atomic E-state index is 12.9. The predicted octanol–water partition coefficient (Wildman–Crippen LogP) is 0.845. The van der Waals surface area contributed by atoms with E-state index >= 15 is 0 Å². The molecule has 0 radical (unpaired) electrons. The van der Waals surface area contributed by atoms with Gasteiger partial charge in [0.1, 0.15) is 0 Å². The van der Waals surface area contributed by atoms with Gasteiger partial charge < -0.3 is 16.8 Å². The number of nitrogens with zero attached hydrogens (tertiary/aromatic N) is 1. The number of guanidine groups is 1. The summed E-state index contributed by atoms with van der Waals surface area (Å²) in [6, 6.07) is 2.99. The van der Waals surface area contributed by atoms with Gasteiger partial charge in [-0.2, -0.15) is 4.99 Å². The summed E-state index contributed by atoms with van der Waals surface area (Å²) in [5, 5.41) is 9.40. The molecule has 0 unspecified atom stereocenters. The molecule has 102 valence electrons. The quantitative estimate of drug-likeness (QED) is 0.487. The lowest BCUT2D eigenvalue weighted by Gasteiger charge is -2.05. The van der Waals surface area contributed by atoms with Crippen molar-refractivity contribution in [1.29, 1.82) is 5.41 Å². The first-order valence-corrected chi connectivity index (χ1v) is 5.93. The molecule has 1 aromatic rings. The molecule has 0 saturated carbocycles. The molecule has 0 aliphatic heterocycles. The van der Waals surface area contributed by atoms with Gasteiger partial charge in [0, 0.05) is 11.8 Å². The number of amidine groups is 1.